The monoisotopic (exact) mass is 445 g/mol. The molecule has 1 aliphatic carbocycles. The number of amides is 3. The lowest BCUT2D eigenvalue weighted by Crippen LogP contribution is -2.39. The van der Waals surface area contributed by atoms with Crippen LogP contribution in [-0.4, -0.2) is 28.8 Å². The van der Waals surface area contributed by atoms with Crippen molar-refractivity contribution in [3.63, 3.8) is 0 Å². The predicted molar refractivity (Wildman–Crippen MR) is 107 cm³/mol. The van der Waals surface area contributed by atoms with Gasteiger partial charge in [-0.25, -0.2) is 14.1 Å². The number of rotatable bonds is 3. The van der Waals surface area contributed by atoms with Crippen molar-refractivity contribution < 1.29 is 31.9 Å². The van der Waals surface area contributed by atoms with Crippen molar-refractivity contribution in [1.82, 2.24) is 4.98 Å². The van der Waals surface area contributed by atoms with Crippen LogP contribution >= 0.6 is 0 Å². The lowest BCUT2D eigenvalue weighted by Gasteiger charge is -2.23. The molecule has 2 unspecified atom stereocenters. The van der Waals surface area contributed by atoms with Crippen LogP contribution in [0.3, 0.4) is 0 Å². The Morgan fingerprint density at radius 1 is 1.09 bits per heavy atom. The fourth-order valence-corrected chi connectivity index (χ4v) is 4.34. The molecule has 1 aromatic heterocycles. The van der Waals surface area contributed by atoms with Gasteiger partial charge < -0.3 is 4.74 Å². The zero-order valence-electron chi connectivity index (χ0n) is 16.6. The summed E-state index contributed by atoms with van der Waals surface area (Å²) in [7, 11) is 0. The topological polar surface area (TPSA) is 62.7 Å². The molecule has 0 N–H and O–H groups in total. The largest absolute Gasteiger partial charge is 0.573 e. The van der Waals surface area contributed by atoms with E-state index < -0.39 is 35.4 Å². The maximum absolute atomic E-state index is 14.7. The highest BCUT2D eigenvalue weighted by Gasteiger charge is 2.70. The molecule has 1 saturated heterocycles. The number of carbonyl (C=O) groups excluding carboxylic acids is 2. The van der Waals surface area contributed by atoms with E-state index in [1.807, 2.05) is 6.92 Å². The molecule has 2 fully saturated rings. The first-order valence-corrected chi connectivity index (χ1v) is 9.71. The first kappa shape index (κ1) is 20.2. The summed E-state index contributed by atoms with van der Waals surface area (Å²) in [5.41, 5.74) is -0.544. The van der Waals surface area contributed by atoms with E-state index in [-0.39, 0.29) is 22.7 Å². The number of halogens is 4. The van der Waals surface area contributed by atoms with Crippen LogP contribution in [-0.2, 0) is 4.79 Å². The molecule has 3 amide bonds. The summed E-state index contributed by atoms with van der Waals surface area (Å²) in [6.07, 6.45) is -3.05. The second-order valence-electron chi connectivity index (χ2n) is 7.79. The molecular weight excluding hydrogens is 430 g/mol. The number of urea groups is 1. The molecule has 2 aliphatic rings. The van der Waals surface area contributed by atoms with Gasteiger partial charge in [-0.1, -0.05) is 13.0 Å². The number of benzene rings is 2. The summed E-state index contributed by atoms with van der Waals surface area (Å²) in [4.78, 5) is 33.2. The standard InChI is InChI=1S/C22H15F4N3O3/c1-12-11-21(12)19(30)28(13-5-7-14(8-6-13)32-22(24,25)26)20(31)29(21)17-9-10-27-16-4-2-3-15(23)18(16)17/h2-10,12H,11H2,1H3. The number of fused-ring (bicyclic) bond motifs is 1. The third-order valence-corrected chi connectivity index (χ3v) is 5.89. The number of nitrogens with zero attached hydrogens (tertiary/aromatic N) is 3. The van der Waals surface area contributed by atoms with Gasteiger partial charge in [-0.3, -0.25) is 14.7 Å². The van der Waals surface area contributed by atoms with E-state index in [9.17, 15) is 27.2 Å². The van der Waals surface area contributed by atoms with Crippen LogP contribution in [0.2, 0.25) is 0 Å². The summed E-state index contributed by atoms with van der Waals surface area (Å²) >= 11 is 0. The quantitative estimate of drug-likeness (QED) is 0.419. The Morgan fingerprint density at radius 2 is 1.78 bits per heavy atom. The fraction of sp³-hybridized carbons (Fsp3) is 0.227. The predicted octanol–water partition coefficient (Wildman–Crippen LogP) is 5.02. The van der Waals surface area contributed by atoms with Gasteiger partial charge in [-0.2, -0.15) is 0 Å². The SMILES string of the molecule is CC1CC12C(=O)N(c1ccc(OC(F)(F)F)cc1)C(=O)N2c1ccnc2cccc(F)c12. The molecule has 2 aromatic carbocycles. The number of anilines is 2. The van der Waals surface area contributed by atoms with Crippen molar-refractivity contribution in [1.29, 1.82) is 0 Å². The van der Waals surface area contributed by atoms with Crippen molar-refractivity contribution in [3.05, 3.63) is 60.5 Å². The van der Waals surface area contributed by atoms with E-state index in [1.54, 1.807) is 6.07 Å². The van der Waals surface area contributed by atoms with Crippen molar-refractivity contribution in [2.45, 2.75) is 25.2 Å². The van der Waals surface area contributed by atoms with Gasteiger partial charge in [-0.05, 0) is 54.8 Å². The highest BCUT2D eigenvalue weighted by molar-refractivity contribution is 6.32. The third kappa shape index (κ3) is 2.89. The Labute approximate surface area is 179 Å². The zero-order chi connectivity index (χ0) is 22.8. The molecule has 2 atom stereocenters. The third-order valence-electron chi connectivity index (χ3n) is 5.89. The van der Waals surface area contributed by atoms with Gasteiger partial charge in [0.1, 0.15) is 17.1 Å². The molecular formula is C22H15F4N3O3. The average molecular weight is 445 g/mol. The van der Waals surface area contributed by atoms with Gasteiger partial charge >= 0.3 is 12.4 Å². The normalized spacial score (nSPS) is 22.8. The maximum Gasteiger partial charge on any atom is 0.573 e. The van der Waals surface area contributed by atoms with Crippen LogP contribution in [0.4, 0.5) is 33.7 Å². The second kappa shape index (κ2) is 6.65. The molecule has 32 heavy (non-hydrogen) atoms. The Bertz CT molecular complexity index is 1260. The maximum atomic E-state index is 14.7. The molecule has 164 valence electrons. The van der Waals surface area contributed by atoms with E-state index in [2.05, 4.69) is 9.72 Å². The zero-order valence-corrected chi connectivity index (χ0v) is 16.6. The summed E-state index contributed by atoms with van der Waals surface area (Å²) in [6, 6.07) is 9.57. The molecule has 3 aromatic rings. The lowest BCUT2D eigenvalue weighted by atomic mass is 10.1. The Kier molecular flexibility index (Phi) is 4.20. The molecule has 10 heteroatoms. The number of pyridine rings is 1. The Hall–Kier alpha value is -3.69. The summed E-state index contributed by atoms with van der Waals surface area (Å²) in [5, 5.41) is 0.116. The summed E-state index contributed by atoms with van der Waals surface area (Å²) in [6.45, 7) is 1.81. The van der Waals surface area contributed by atoms with E-state index >= 15 is 0 Å². The molecule has 0 radical (unpaired) electrons. The van der Waals surface area contributed by atoms with Crippen molar-refractivity contribution >= 4 is 34.2 Å². The number of carbonyl (C=O) groups is 2. The minimum absolute atomic E-state index is 0.0920. The first-order valence-electron chi connectivity index (χ1n) is 9.71. The molecule has 1 saturated carbocycles. The Morgan fingerprint density at radius 3 is 2.41 bits per heavy atom. The van der Waals surface area contributed by atoms with E-state index in [1.165, 1.54) is 41.4 Å². The molecule has 1 spiro atoms. The Balaban J connectivity index is 1.59. The van der Waals surface area contributed by atoms with Gasteiger partial charge in [0.15, 0.2) is 0 Å². The highest BCUT2D eigenvalue weighted by atomic mass is 19.4. The van der Waals surface area contributed by atoms with Gasteiger partial charge in [-0.15, -0.1) is 13.2 Å². The van der Waals surface area contributed by atoms with Gasteiger partial charge in [0, 0.05) is 6.20 Å². The van der Waals surface area contributed by atoms with Crippen molar-refractivity contribution in [2.24, 2.45) is 5.92 Å². The first-order chi connectivity index (χ1) is 15.1. The van der Waals surface area contributed by atoms with Crippen LogP contribution in [0, 0.1) is 11.7 Å². The van der Waals surface area contributed by atoms with Crippen molar-refractivity contribution in [3.8, 4) is 5.75 Å². The summed E-state index contributed by atoms with van der Waals surface area (Å²) < 4.78 is 55.9. The van der Waals surface area contributed by atoms with Gasteiger partial charge in [0.05, 0.1) is 22.3 Å². The number of imide groups is 1. The van der Waals surface area contributed by atoms with Crippen LogP contribution in [0.25, 0.3) is 10.9 Å². The number of ether oxygens (including phenoxy) is 1. The molecule has 5 rings (SSSR count). The number of alkyl halides is 3. The molecule has 6 nitrogen and oxygen atoms in total. The van der Waals surface area contributed by atoms with E-state index in [4.69, 9.17) is 0 Å². The fourth-order valence-electron chi connectivity index (χ4n) is 4.34. The average Bonchev–Trinajstić information content (AvgIpc) is 3.34. The second-order valence-corrected chi connectivity index (χ2v) is 7.79. The minimum atomic E-state index is -4.86. The van der Waals surface area contributed by atoms with Gasteiger partial charge in [0.25, 0.3) is 5.91 Å². The van der Waals surface area contributed by atoms with Gasteiger partial charge in [0.2, 0.25) is 0 Å². The minimum Gasteiger partial charge on any atom is -0.406 e. The van der Waals surface area contributed by atoms with Crippen LogP contribution in [0.5, 0.6) is 5.75 Å². The smallest absolute Gasteiger partial charge is 0.406 e. The van der Waals surface area contributed by atoms with E-state index in [0.29, 0.717) is 11.9 Å². The summed E-state index contributed by atoms with van der Waals surface area (Å²) in [5.74, 6) is -1.76. The molecule has 0 bridgehead atoms. The number of hydrogen-bond acceptors (Lipinski definition) is 4. The number of aromatic nitrogens is 1. The van der Waals surface area contributed by atoms with Crippen LogP contribution in [0.15, 0.2) is 54.7 Å². The molecule has 2 heterocycles. The molecule has 1 aliphatic heterocycles. The highest BCUT2D eigenvalue weighted by Crippen LogP contribution is 2.56. The lowest BCUT2D eigenvalue weighted by molar-refractivity contribution is -0.274. The van der Waals surface area contributed by atoms with Crippen LogP contribution < -0.4 is 14.5 Å². The van der Waals surface area contributed by atoms with E-state index in [0.717, 1.165) is 17.0 Å². The van der Waals surface area contributed by atoms with Crippen LogP contribution in [0.1, 0.15) is 13.3 Å². The number of hydrogen-bond donors (Lipinski definition) is 0. The van der Waals surface area contributed by atoms with Crippen molar-refractivity contribution in [2.75, 3.05) is 9.80 Å².